The first-order chi connectivity index (χ1) is 15.2. The van der Waals surface area contributed by atoms with E-state index >= 15 is 0 Å². The maximum Gasteiger partial charge on any atom is 0.222 e. The number of amides is 1. The van der Waals surface area contributed by atoms with Gasteiger partial charge in [-0.15, -0.1) is 0 Å². The fraction of sp³-hybridized carbons (Fsp3) is 0.522. The predicted octanol–water partition coefficient (Wildman–Crippen LogP) is 2.08. The second-order valence-corrected chi connectivity index (χ2v) is 8.16. The monoisotopic (exact) mass is 424 g/mol. The maximum atomic E-state index is 11.9. The number of guanidine groups is 1. The van der Waals surface area contributed by atoms with E-state index in [1.165, 1.54) is 11.1 Å². The SMILES string of the molecule is CCNC(=NCc1cccc(CN2CCCC2=O)c1)N1CCN(Cc2ccon2)CC1. The number of nitrogens with one attached hydrogen (secondary N) is 1. The molecule has 2 aliphatic rings. The number of benzene rings is 1. The van der Waals surface area contributed by atoms with Crippen molar-refractivity contribution in [3.05, 3.63) is 53.4 Å². The van der Waals surface area contributed by atoms with Gasteiger partial charge in [0.25, 0.3) is 0 Å². The molecule has 1 aromatic heterocycles. The molecular formula is C23H32N6O2. The zero-order chi connectivity index (χ0) is 21.5. The number of aliphatic imine (C=N–C) groups is 1. The van der Waals surface area contributed by atoms with Gasteiger partial charge in [-0.3, -0.25) is 9.69 Å². The normalized spacial score (nSPS) is 18.1. The van der Waals surface area contributed by atoms with Crippen LogP contribution >= 0.6 is 0 Å². The van der Waals surface area contributed by atoms with Crippen LogP contribution in [0.2, 0.25) is 0 Å². The van der Waals surface area contributed by atoms with Crippen LogP contribution in [0.1, 0.15) is 36.6 Å². The van der Waals surface area contributed by atoms with Gasteiger partial charge < -0.3 is 19.6 Å². The summed E-state index contributed by atoms with van der Waals surface area (Å²) >= 11 is 0. The summed E-state index contributed by atoms with van der Waals surface area (Å²) in [5, 5.41) is 7.45. The predicted molar refractivity (Wildman–Crippen MR) is 119 cm³/mol. The van der Waals surface area contributed by atoms with E-state index in [-0.39, 0.29) is 5.91 Å². The van der Waals surface area contributed by atoms with Crippen molar-refractivity contribution in [2.45, 2.75) is 39.4 Å². The minimum Gasteiger partial charge on any atom is -0.364 e. The highest BCUT2D eigenvalue weighted by Crippen LogP contribution is 2.16. The second kappa shape index (κ2) is 10.4. The number of hydrogen-bond donors (Lipinski definition) is 1. The molecule has 0 radical (unpaired) electrons. The molecule has 4 rings (SSSR count). The van der Waals surface area contributed by atoms with Gasteiger partial charge >= 0.3 is 0 Å². The number of piperazine rings is 1. The Morgan fingerprint density at radius 3 is 2.68 bits per heavy atom. The van der Waals surface area contributed by atoms with Crippen LogP contribution in [0.5, 0.6) is 0 Å². The standard InChI is InChI=1S/C23H32N6O2/c1-2-24-23(28-12-10-27(11-13-28)18-21-8-14-31-26-21)25-16-19-5-3-6-20(15-19)17-29-9-4-7-22(29)30/h3,5-6,8,14-15H,2,4,7,9-13,16-18H2,1H3,(H,24,25). The van der Waals surface area contributed by atoms with E-state index in [4.69, 9.17) is 9.52 Å². The van der Waals surface area contributed by atoms with Crippen LogP contribution in [-0.4, -0.2) is 71.0 Å². The van der Waals surface area contributed by atoms with E-state index in [0.29, 0.717) is 19.5 Å². The summed E-state index contributed by atoms with van der Waals surface area (Å²) in [6.07, 6.45) is 3.28. The summed E-state index contributed by atoms with van der Waals surface area (Å²) in [4.78, 5) is 23.5. The molecule has 3 heterocycles. The molecule has 1 N–H and O–H groups in total. The zero-order valence-corrected chi connectivity index (χ0v) is 18.3. The largest absolute Gasteiger partial charge is 0.364 e. The van der Waals surface area contributed by atoms with Crippen molar-refractivity contribution in [3.63, 3.8) is 0 Å². The summed E-state index contributed by atoms with van der Waals surface area (Å²) in [7, 11) is 0. The van der Waals surface area contributed by atoms with E-state index in [2.05, 4.69) is 51.5 Å². The van der Waals surface area contributed by atoms with Crippen LogP contribution in [0.25, 0.3) is 0 Å². The smallest absolute Gasteiger partial charge is 0.222 e. The lowest BCUT2D eigenvalue weighted by molar-refractivity contribution is -0.128. The Balaban J connectivity index is 1.33. The number of nitrogens with zero attached hydrogens (tertiary/aromatic N) is 5. The zero-order valence-electron chi connectivity index (χ0n) is 18.3. The summed E-state index contributed by atoms with van der Waals surface area (Å²) in [5.74, 6) is 1.23. The lowest BCUT2D eigenvalue weighted by atomic mass is 10.1. The molecule has 0 unspecified atom stereocenters. The van der Waals surface area contributed by atoms with Crippen molar-refractivity contribution in [2.75, 3.05) is 39.3 Å². The first-order valence-corrected chi connectivity index (χ1v) is 11.2. The highest BCUT2D eigenvalue weighted by Gasteiger charge is 2.21. The Kier molecular flexibility index (Phi) is 7.19. The van der Waals surface area contributed by atoms with Crippen molar-refractivity contribution in [3.8, 4) is 0 Å². The Labute approximate surface area is 183 Å². The lowest BCUT2D eigenvalue weighted by Gasteiger charge is -2.36. The molecule has 1 amide bonds. The molecule has 8 heteroatoms. The number of aromatic nitrogens is 1. The molecule has 1 aromatic carbocycles. The molecule has 0 spiro atoms. The Hall–Kier alpha value is -2.87. The lowest BCUT2D eigenvalue weighted by Crippen LogP contribution is -2.52. The Morgan fingerprint density at radius 1 is 1.13 bits per heavy atom. The molecule has 2 aliphatic heterocycles. The highest BCUT2D eigenvalue weighted by atomic mass is 16.5. The third-order valence-electron chi connectivity index (χ3n) is 5.83. The Bertz CT molecular complexity index is 874. The van der Waals surface area contributed by atoms with Gasteiger partial charge in [0.05, 0.1) is 12.2 Å². The van der Waals surface area contributed by atoms with E-state index in [9.17, 15) is 4.79 Å². The topological polar surface area (TPSA) is 77.2 Å². The van der Waals surface area contributed by atoms with Gasteiger partial charge in [0.15, 0.2) is 5.96 Å². The number of carbonyl (C=O) groups is 1. The summed E-state index contributed by atoms with van der Waals surface area (Å²) in [5.41, 5.74) is 3.32. The fourth-order valence-corrected chi connectivity index (χ4v) is 4.18. The van der Waals surface area contributed by atoms with Crippen molar-refractivity contribution < 1.29 is 9.32 Å². The van der Waals surface area contributed by atoms with Crippen molar-refractivity contribution in [2.24, 2.45) is 4.99 Å². The van der Waals surface area contributed by atoms with Gasteiger partial charge in [-0.1, -0.05) is 29.4 Å². The van der Waals surface area contributed by atoms with Gasteiger partial charge in [-0.2, -0.15) is 0 Å². The molecule has 2 saturated heterocycles. The van der Waals surface area contributed by atoms with Gasteiger partial charge in [0.2, 0.25) is 5.91 Å². The van der Waals surface area contributed by atoms with E-state index in [1.807, 2.05) is 11.0 Å². The van der Waals surface area contributed by atoms with Gasteiger partial charge in [-0.25, -0.2) is 4.99 Å². The van der Waals surface area contributed by atoms with Crippen molar-refractivity contribution in [1.29, 1.82) is 0 Å². The average molecular weight is 425 g/mol. The van der Waals surface area contributed by atoms with Gasteiger partial charge in [-0.05, 0) is 24.5 Å². The highest BCUT2D eigenvalue weighted by molar-refractivity contribution is 5.80. The molecule has 8 nitrogen and oxygen atoms in total. The number of carbonyl (C=O) groups excluding carboxylic acids is 1. The molecule has 0 bridgehead atoms. The van der Waals surface area contributed by atoms with E-state index in [1.54, 1.807) is 6.26 Å². The minimum atomic E-state index is 0.264. The molecule has 31 heavy (non-hydrogen) atoms. The Morgan fingerprint density at radius 2 is 1.97 bits per heavy atom. The molecule has 0 saturated carbocycles. The first kappa shape index (κ1) is 21.4. The third-order valence-corrected chi connectivity index (χ3v) is 5.83. The molecule has 2 fully saturated rings. The van der Waals surface area contributed by atoms with E-state index < -0.39 is 0 Å². The molecular weight excluding hydrogens is 392 g/mol. The van der Waals surface area contributed by atoms with Crippen molar-refractivity contribution >= 4 is 11.9 Å². The molecule has 0 atom stereocenters. The van der Waals surface area contributed by atoms with Crippen LogP contribution in [0, 0.1) is 0 Å². The number of hydrogen-bond acceptors (Lipinski definition) is 5. The van der Waals surface area contributed by atoms with Gasteiger partial charge in [0.1, 0.15) is 6.26 Å². The summed E-state index contributed by atoms with van der Waals surface area (Å²) < 4.78 is 4.94. The van der Waals surface area contributed by atoms with Crippen LogP contribution in [0.3, 0.4) is 0 Å². The number of rotatable bonds is 7. The van der Waals surface area contributed by atoms with Gasteiger partial charge in [0, 0.05) is 64.8 Å². The quantitative estimate of drug-likeness (QED) is 0.542. The molecule has 0 aliphatic carbocycles. The van der Waals surface area contributed by atoms with E-state index in [0.717, 1.165) is 63.9 Å². The maximum absolute atomic E-state index is 11.9. The van der Waals surface area contributed by atoms with Crippen LogP contribution < -0.4 is 5.32 Å². The minimum absolute atomic E-state index is 0.264. The van der Waals surface area contributed by atoms with Crippen LogP contribution in [0.4, 0.5) is 0 Å². The van der Waals surface area contributed by atoms with Crippen LogP contribution in [0.15, 0.2) is 46.1 Å². The molecule has 166 valence electrons. The third kappa shape index (κ3) is 5.85. The number of likely N-dealkylation sites (tertiary alicyclic amines) is 1. The first-order valence-electron chi connectivity index (χ1n) is 11.2. The fourth-order valence-electron chi connectivity index (χ4n) is 4.18. The van der Waals surface area contributed by atoms with Crippen molar-refractivity contribution in [1.82, 2.24) is 25.2 Å². The molecule has 2 aromatic rings. The summed E-state index contributed by atoms with van der Waals surface area (Å²) in [6.45, 7) is 9.76. The summed E-state index contributed by atoms with van der Waals surface area (Å²) in [6, 6.07) is 10.4. The second-order valence-electron chi connectivity index (χ2n) is 8.16. The van der Waals surface area contributed by atoms with Crippen LogP contribution in [-0.2, 0) is 24.4 Å². The average Bonchev–Trinajstić information content (AvgIpc) is 3.44.